The van der Waals surface area contributed by atoms with Crippen LogP contribution in [0, 0.1) is 5.41 Å². The molecule has 1 aliphatic heterocycles. The minimum atomic E-state index is 0.161. The highest BCUT2D eigenvalue weighted by atomic mass is 15.2. The van der Waals surface area contributed by atoms with Crippen molar-refractivity contribution in [1.29, 1.82) is 0 Å². The summed E-state index contributed by atoms with van der Waals surface area (Å²) in [5.41, 5.74) is 11.6. The molecule has 0 unspecified atom stereocenters. The summed E-state index contributed by atoms with van der Waals surface area (Å²) in [6.45, 7) is 1.99. The lowest BCUT2D eigenvalue weighted by Crippen LogP contribution is -2.44. The van der Waals surface area contributed by atoms with Crippen LogP contribution >= 0.6 is 0 Å². The van der Waals surface area contributed by atoms with Crippen LogP contribution in [0.3, 0.4) is 0 Å². The maximum Gasteiger partial charge on any atom is 0.147 e. The van der Waals surface area contributed by atoms with Crippen molar-refractivity contribution in [3.63, 3.8) is 0 Å². The highest BCUT2D eigenvalue weighted by molar-refractivity contribution is 5.75. The predicted molar refractivity (Wildman–Crippen MR) is 100 cm³/mol. The van der Waals surface area contributed by atoms with Crippen molar-refractivity contribution < 1.29 is 0 Å². The number of benzene rings is 2. The number of hydrogen-bond acceptors (Lipinski definition) is 4. The lowest BCUT2D eigenvalue weighted by atomic mass is 9.73. The zero-order valence-electron chi connectivity index (χ0n) is 14.2. The molecule has 0 saturated carbocycles. The SMILES string of the molecule is N[C@@H]1c2ccccc2CC12CCN(c1cnc3ccccc3n1)CC2. The zero-order valence-corrected chi connectivity index (χ0v) is 14.2. The Hall–Kier alpha value is -2.46. The van der Waals surface area contributed by atoms with Crippen molar-refractivity contribution in [2.45, 2.75) is 25.3 Å². The number of anilines is 1. The molecule has 4 nitrogen and oxygen atoms in total. The largest absolute Gasteiger partial charge is 0.355 e. The molecular weight excluding hydrogens is 308 g/mol. The van der Waals surface area contributed by atoms with E-state index < -0.39 is 0 Å². The third-order valence-electron chi connectivity index (χ3n) is 6.11. The Bertz CT molecular complexity index is 928. The van der Waals surface area contributed by atoms with Crippen LogP contribution in [0.5, 0.6) is 0 Å². The summed E-state index contributed by atoms with van der Waals surface area (Å²) in [7, 11) is 0. The normalized spacial score (nSPS) is 21.6. The van der Waals surface area contributed by atoms with Gasteiger partial charge in [0, 0.05) is 19.1 Å². The van der Waals surface area contributed by atoms with Crippen LogP contribution < -0.4 is 10.6 Å². The Morgan fingerprint density at radius 1 is 0.960 bits per heavy atom. The fourth-order valence-corrected chi connectivity index (χ4v) is 4.59. The first-order valence-electron chi connectivity index (χ1n) is 9.05. The van der Waals surface area contributed by atoms with E-state index in [0.29, 0.717) is 0 Å². The number of nitrogens with zero attached hydrogens (tertiary/aromatic N) is 3. The van der Waals surface area contributed by atoms with E-state index in [1.807, 2.05) is 30.5 Å². The number of rotatable bonds is 1. The van der Waals surface area contributed by atoms with Gasteiger partial charge in [0.1, 0.15) is 5.82 Å². The van der Waals surface area contributed by atoms with Crippen LogP contribution in [0.1, 0.15) is 30.0 Å². The van der Waals surface area contributed by atoms with E-state index in [4.69, 9.17) is 10.7 Å². The summed E-state index contributed by atoms with van der Waals surface area (Å²) in [5, 5.41) is 0. The molecule has 0 amide bonds. The Labute approximate surface area is 147 Å². The topological polar surface area (TPSA) is 55.0 Å². The molecule has 4 heteroatoms. The highest BCUT2D eigenvalue weighted by Gasteiger charge is 2.45. The van der Waals surface area contributed by atoms with Crippen molar-refractivity contribution in [1.82, 2.24) is 9.97 Å². The maximum atomic E-state index is 6.67. The number of piperidine rings is 1. The van der Waals surface area contributed by atoms with Gasteiger partial charge in [0.2, 0.25) is 0 Å². The second-order valence-corrected chi connectivity index (χ2v) is 7.42. The third kappa shape index (κ3) is 2.32. The molecule has 3 aromatic rings. The van der Waals surface area contributed by atoms with E-state index in [9.17, 15) is 0 Å². The van der Waals surface area contributed by atoms with Crippen molar-refractivity contribution in [3.8, 4) is 0 Å². The Kier molecular flexibility index (Phi) is 3.28. The standard InChI is InChI=1S/C21H22N4/c22-20-16-6-2-1-5-15(16)13-21(20)9-11-25(12-10-21)19-14-23-17-7-3-4-8-18(17)24-19/h1-8,14,20H,9-13,22H2/t20-/m1/s1. The van der Waals surface area contributed by atoms with Gasteiger partial charge in [-0.15, -0.1) is 0 Å². The number of hydrogen-bond donors (Lipinski definition) is 1. The lowest BCUT2D eigenvalue weighted by Gasteiger charge is -2.42. The first kappa shape index (κ1) is 14.8. The maximum absolute atomic E-state index is 6.67. The van der Waals surface area contributed by atoms with Crippen LogP contribution in [0.4, 0.5) is 5.82 Å². The van der Waals surface area contributed by atoms with Gasteiger partial charge in [0.05, 0.1) is 17.2 Å². The molecule has 1 saturated heterocycles. The van der Waals surface area contributed by atoms with E-state index in [1.54, 1.807) is 0 Å². The Morgan fingerprint density at radius 3 is 2.48 bits per heavy atom. The number of para-hydroxylation sites is 2. The summed E-state index contributed by atoms with van der Waals surface area (Å²) in [6.07, 6.45) is 5.24. The molecule has 1 aliphatic carbocycles. The van der Waals surface area contributed by atoms with Gasteiger partial charge in [-0.25, -0.2) is 4.98 Å². The quantitative estimate of drug-likeness (QED) is 0.742. The first-order valence-corrected chi connectivity index (χ1v) is 9.05. The monoisotopic (exact) mass is 330 g/mol. The van der Waals surface area contributed by atoms with E-state index in [-0.39, 0.29) is 11.5 Å². The van der Waals surface area contributed by atoms with E-state index in [2.05, 4.69) is 34.1 Å². The Balaban J connectivity index is 1.38. The molecule has 0 bridgehead atoms. The minimum absolute atomic E-state index is 0.161. The van der Waals surface area contributed by atoms with Gasteiger partial charge < -0.3 is 10.6 Å². The first-order chi connectivity index (χ1) is 12.3. The van der Waals surface area contributed by atoms with E-state index in [0.717, 1.165) is 49.2 Å². The average Bonchev–Trinajstić information content (AvgIpc) is 2.94. The molecule has 126 valence electrons. The molecule has 25 heavy (non-hydrogen) atoms. The molecule has 5 rings (SSSR count). The fraction of sp³-hybridized carbons (Fsp3) is 0.333. The molecule has 1 atom stereocenters. The number of aromatic nitrogens is 2. The molecule has 1 spiro atoms. The second-order valence-electron chi connectivity index (χ2n) is 7.42. The molecule has 2 N–H and O–H groups in total. The van der Waals surface area contributed by atoms with Gasteiger partial charge in [0.15, 0.2) is 0 Å². The summed E-state index contributed by atoms with van der Waals surface area (Å²) in [5.74, 6) is 0.984. The second kappa shape index (κ2) is 5.53. The van der Waals surface area contributed by atoms with Crippen LogP contribution in [0.25, 0.3) is 11.0 Å². The number of fused-ring (bicyclic) bond motifs is 2. The van der Waals surface area contributed by atoms with E-state index >= 15 is 0 Å². The summed E-state index contributed by atoms with van der Waals surface area (Å²) in [4.78, 5) is 11.7. The smallest absolute Gasteiger partial charge is 0.147 e. The van der Waals surface area contributed by atoms with Crippen molar-refractivity contribution in [2.24, 2.45) is 11.1 Å². The van der Waals surface area contributed by atoms with Crippen LogP contribution in [0.2, 0.25) is 0 Å². The average molecular weight is 330 g/mol. The minimum Gasteiger partial charge on any atom is -0.355 e. The van der Waals surface area contributed by atoms with Gasteiger partial charge in [0.25, 0.3) is 0 Å². The zero-order chi connectivity index (χ0) is 16.9. The van der Waals surface area contributed by atoms with Crippen LogP contribution in [-0.2, 0) is 6.42 Å². The van der Waals surface area contributed by atoms with Gasteiger partial charge >= 0.3 is 0 Å². The van der Waals surface area contributed by atoms with Gasteiger partial charge in [-0.05, 0) is 47.9 Å². The molecule has 2 aliphatic rings. The van der Waals surface area contributed by atoms with Gasteiger partial charge in [-0.2, -0.15) is 0 Å². The van der Waals surface area contributed by atoms with E-state index in [1.165, 1.54) is 11.1 Å². The molecule has 1 fully saturated rings. The fourth-order valence-electron chi connectivity index (χ4n) is 4.59. The van der Waals surface area contributed by atoms with Crippen LogP contribution in [-0.4, -0.2) is 23.1 Å². The molecule has 2 heterocycles. The highest BCUT2D eigenvalue weighted by Crippen LogP contribution is 2.50. The summed E-state index contributed by atoms with van der Waals surface area (Å²) in [6, 6.07) is 16.9. The third-order valence-corrected chi connectivity index (χ3v) is 6.11. The van der Waals surface area contributed by atoms with Gasteiger partial charge in [-0.1, -0.05) is 36.4 Å². The lowest BCUT2D eigenvalue weighted by molar-refractivity contribution is 0.187. The van der Waals surface area contributed by atoms with Gasteiger partial charge in [-0.3, -0.25) is 4.98 Å². The Morgan fingerprint density at radius 2 is 1.68 bits per heavy atom. The molecular formula is C21H22N4. The molecule has 0 radical (unpaired) electrons. The van der Waals surface area contributed by atoms with Crippen molar-refractivity contribution in [2.75, 3.05) is 18.0 Å². The predicted octanol–water partition coefficient (Wildman–Crippen LogP) is 3.47. The van der Waals surface area contributed by atoms with Crippen molar-refractivity contribution in [3.05, 3.63) is 65.9 Å². The van der Waals surface area contributed by atoms with Crippen molar-refractivity contribution >= 4 is 16.9 Å². The summed E-state index contributed by atoms with van der Waals surface area (Å²) >= 11 is 0. The van der Waals surface area contributed by atoms with Crippen LogP contribution in [0.15, 0.2) is 54.7 Å². The molecule has 1 aromatic heterocycles. The number of nitrogens with two attached hydrogens (primary N) is 1. The molecule has 2 aromatic carbocycles. The summed E-state index contributed by atoms with van der Waals surface area (Å²) < 4.78 is 0.